The van der Waals surface area contributed by atoms with Crippen LogP contribution < -0.4 is 0 Å². The van der Waals surface area contributed by atoms with Gasteiger partial charge in [0, 0.05) is 12.6 Å². The Morgan fingerprint density at radius 1 is 1.53 bits per heavy atom. The molecule has 0 aromatic carbocycles. The van der Waals surface area contributed by atoms with Gasteiger partial charge in [-0.15, -0.1) is 0 Å². The van der Waals surface area contributed by atoms with Crippen molar-refractivity contribution in [2.24, 2.45) is 0 Å². The van der Waals surface area contributed by atoms with E-state index in [-0.39, 0.29) is 19.2 Å². The van der Waals surface area contributed by atoms with Crippen molar-refractivity contribution in [3.63, 3.8) is 0 Å². The largest absolute Gasteiger partial charge is 0.468 e. The van der Waals surface area contributed by atoms with Crippen molar-refractivity contribution in [2.45, 2.75) is 37.5 Å². The lowest BCUT2D eigenvalue weighted by Crippen LogP contribution is -2.50. The molecule has 1 fully saturated rings. The van der Waals surface area contributed by atoms with Crippen LogP contribution in [-0.4, -0.2) is 55.4 Å². The van der Waals surface area contributed by atoms with E-state index in [1.54, 1.807) is 0 Å². The summed E-state index contributed by atoms with van der Waals surface area (Å²) in [5.41, 5.74) is 0. The second-order valence-corrected chi connectivity index (χ2v) is 6.34. The highest BCUT2D eigenvalue weighted by Crippen LogP contribution is 2.28. The SMILES string of the molecule is COC(=O)C(C)S(=O)(=O)N(CCO)C1CCC1. The molecule has 0 radical (unpaired) electrons. The monoisotopic (exact) mass is 265 g/mol. The minimum absolute atomic E-state index is 0.0360. The van der Waals surface area contributed by atoms with Gasteiger partial charge in [-0.1, -0.05) is 6.42 Å². The van der Waals surface area contributed by atoms with Gasteiger partial charge in [0.25, 0.3) is 0 Å². The second-order valence-electron chi connectivity index (χ2n) is 4.13. The maximum atomic E-state index is 12.2. The molecule has 0 aromatic heterocycles. The molecule has 6 nitrogen and oxygen atoms in total. The topological polar surface area (TPSA) is 83.9 Å². The first kappa shape index (κ1) is 14.4. The van der Waals surface area contributed by atoms with Crippen LogP contribution in [0, 0.1) is 0 Å². The molecule has 1 saturated carbocycles. The van der Waals surface area contributed by atoms with Crippen LogP contribution in [0.5, 0.6) is 0 Å². The lowest BCUT2D eigenvalue weighted by molar-refractivity contribution is -0.139. The summed E-state index contributed by atoms with van der Waals surface area (Å²) in [5, 5.41) is 7.70. The lowest BCUT2D eigenvalue weighted by atomic mass is 9.93. The molecule has 0 spiro atoms. The van der Waals surface area contributed by atoms with E-state index < -0.39 is 21.2 Å². The highest BCUT2D eigenvalue weighted by atomic mass is 32.2. The number of nitrogens with zero attached hydrogens (tertiary/aromatic N) is 1. The molecule has 1 N–H and O–H groups in total. The molecule has 1 aliphatic carbocycles. The lowest BCUT2D eigenvalue weighted by Gasteiger charge is -2.37. The van der Waals surface area contributed by atoms with E-state index in [0.717, 1.165) is 26.4 Å². The fourth-order valence-electron chi connectivity index (χ4n) is 1.78. The van der Waals surface area contributed by atoms with E-state index >= 15 is 0 Å². The maximum Gasteiger partial charge on any atom is 0.325 e. The second kappa shape index (κ2) is 5.79. The van der Waals surface area contributed by atoms with Crippen LogP contribution >= 0.6 is 0 Å². The van der Waals surface area contributed by atoms with Crippen LogP contribution in [0.15, 0.2) is 0 Å². The van der Waals surface area contributed by atoms with E-state index in [9.17, 15) is 13.2 Å². The van der Waals surface area contributed by atoms with Gasteiger partial charge in [-0.2, -0.15) is 4.31 Å². The van der Waals surface area contributed by atoms with Crippen molar-refractivity contribution in [2.75, 3.05) is 20.3 Å². The predicted octanol–water partition coefficient (Wildman–Crippen LogP) is -0.275. The molecule has 1 unspecified atom stereocenters. The molecule has 100 valence electrons. The summed E-state index contributed by atoms with van der Waals surface area (Å²) in [5.74, 6) is -0.771. The third-order valence-electron chi connectivity index (χ3n) is 3.11. The van der Waals surface area contributed by atoms with Crippen molar-refractivity contribution in [3.05, 3.63) is 0 Å². The normalized spacial score (nSPS) is 18.8. The van der Waals surface area contributed by atoms with Crippen molar-refractivity contribution >= 4 is 16.0 Å². The third-order valence-corrected chi connectivity index (χ3v) is 5.33. The molecular weight excluding hydrogens is 246 g/mol. The van der Waals surface area contributed by atoms with Crippen molar-refractivity contribution < 1.29 is 23.1 Å². The Balaban J connectivity index is 2.86. The minimum Gasteiger partial charge on any atom is -0.468 e. The molecule has 7 heteroatoms. The van der Waals surface area contributed by atoms with Crippen molar-refractivity contribution in [3.8, 4) is 0 Å². The zero-order chi connectivity index (χ0) is 13.1. The quantitative estimate of drug-likeness (QED) is 0.668. The van der Waals surface area contributed by atoms with Crippen molar-refractivity contribution in [1.29, 1.82) is 0 Å². The van der Waals surface area contributed by atoms with Gasteiger partial charge in [-0.25, -0.2) is 8.42 Å². The first-order valence-electron chi connectivity index (χ1n) is 5.64. The van der Waals surface area contributed by atoms with Crippen LogP contribution in [0.25, 0.3) is 0 Å². The molecule has 0 heterocycles. The number of rotatable bonds is 6. The Kier molecular flexibility index (Phi) is 4.91. The van der Waals surface area contributed by atoms with E-state index in [0.29, 0.717) is 0 Å². The molecule has 1 rings (SSSR count). The van der Waals surface area contributed by atoms with E-state index in [2.05, 4.69) is 4.74 Å². The Bertz CT molecular complexity index is 363. The Hall–Kier alpha value is -0.660. The fraction of sp³-hybridized carbons (Fsp3) is 0.900. The first-order valence-corrected chi connectivity index (χ1v) is 7.14. The summed E-state index contributed by atoms with van der Waals surface area (Å²) in [7, 11) is -2.58. The number of carbonyl (C=O) groups is 1. The summed E-state index contributed by atoms with van der Waals surface area (Å²) in [4.78, 5) is 11.3. The van der Waals surface area contributed by atoms with Gasteiger partial charge in [0.2, 0.25) is 10.0 Å². The van der Waals surface area contributed by atoms with Crippen LogP contribution in [-0.2, 0) is 19.6 Å². The van der Waals surface area contributed by atoms with Gasteiger partial charge in [-0.05, 0) is 19.8 Å². The zero-order valence-electron chi connectivity index (χ0n) is 10.1. The highest BCUT2D eigenvalue weighted by molar-refractivity contribution is 7.90. The van der Waals surface area contributed by atoms with Crippen LogP contribution in [0.1, 0.15) is 26.2 Å². The van der Waals surface area contributed by atoms with Crippen molar-refractivity contribution in [1.82, 2.24) is 4.31 Å². The molecule has 0 saturated heterocycles. The van der Waals surface area contributed by atoms with Gasteiger partial charge in [-0.3, -0.25) is 4.79 Å². The fourth-order valence-corrected chi connectivity index (χ4v) is 3.49. The zero-order valence-corrected chi connectivity index (χ0v) is 10.9. The number of sulfonamides is 1. The number of esters is 1. The molecule has 1 atom stereocenters. The number of carbonyl (C=O) groups excluding carboxylic acids is 1. The first-order chi connectivity index (χ1) is 7.95. The number of hydrogen-bond acceptors (Lipinski definition) is 5. The van der Waals surface area contributed by atoms with Gasteiger partial charge < -0.3 is 9.84 Å². The number of aliphatic hydroxyl groups excluding tert-OH is 1. The van der Waals surface area contributed by atoms with Gasteiger partial charge in [0.1, 0.15) is 0 Å². The number of ether oxygens (including phenoxy) is 1. The summed E-state index contributed by atoms with van der Waals surface area (Å²) < 4.78 is 30.0. The highest BCUT2D eigenvalue weighted by Gasteiger charge is 2.39. The summed E-state index contributed by atoms with van der Waals surface area (Å²) in [6.45, 7) is 1.10. The summed E-state index contributed by atoms with van der Waals surface area (Å²) >= 11 is 0. The number of methoxy groups -OCH3 is 1. The molecule has 0 aromatic rings. The maximum absolute atomic E-state index is 12.2. The Morgan fingerprint density at radius 3 is 2.47 bits per heavy atom. The van der Waals surface area contributed by atoms with Crippen LogP contribution in [0.3, 0.4) is 0 Å². The molecule has 0 aliphatic heterocycles. The smallest absolute Gasteiger partial charge is 0.325 e. The van der Waals surface area contributed by atoms with E-state index in [1.807, 2.05) is 0 Å². The molecule has 1 aliphatic rings. The molecule has 17 heavy (non-hydrogen) atoms. The standard InChI is InChI=1S/C10H19NO5S/c1-8(10(13)16-2)17(14,15)11(6-7-12)9-4-3-5-9/h8-9,12H,3-7H2,1-2H3. The van der Waals surface area contributed by atoms with Crippen LogP contribution in [0.4, 0.5) is 0 Å². The van der Waals surface area contributed by atoms with E-state index in [1.165, 1.54) is 11.2 Å². The Morgan fingerprint density at radius 2 is 2.12 bits per heavy atom. The molecular formula is C10H19NO5S. The minimum atomic E-state index is -3.74. The molecule has 0 bridgehead atoms. The van der Waals surface area contributed by atoms with Gasteiger partial charge in [0.15, 0.2) is 5.25 Å². The number of aliphatic hydroxyl groups is 1. The van der Waals surface area contributed by atoms with Gasteiger partial charge >= 0.3 is 5.97 Å². The van der Waals surface area contributed by atoms with Crippen LogP contribution in [0.2, 0.25) is 0 Å². The van der Waals surface area contributed by atoms with Gasteiger partial charge in [0.05, 0.1) is 13.7 Å². The summed E-state index contributed by atoms with van der Waals surface area (Å²) in [6, 6.07) is -0.0840. The number of hydrogen-bond donors (Lipinski definition) is 1. The predicted molar refractivity (Wildman–Crippen MR) is 61.8 cm³/mol. The summed E-state index contributed by atoms with van der Waals surface area (Å²) in [6.07, 6.45) is 2.55. The van der Waals surface area contributed by atoms with E-state index in [4.69, 9.17) is 5.11 Å². The average Bonchev–Trinajstić information content (AvgIpc) is 2.23. The third kappa shape index (κ3) is 2.97. The Labute approximate surface area is 102 Å². The average molecular weight is 265 g/mol. The molecule has 0 amide bonds.